The van der Waals surface area contributed by atoms with Gasteiger partial charge in [0.15, 0.2) is 0 Å². The van der Waals surface area contributed by atoms with Gasteiger partial charge in [0.2, 0.25) is 0 Å². The summed E-state index contributed by atoms with van der Waals surface area (Å²) < 4.78 is 36.1. The number of hydrogen-bond acceptors (Lipinski definition) is 3. The van der Waals surface area contributed by atoms with E-state index in [1.807, 2.05) is 0 Å². The van der Waals surface area contributed by atoms with Gasteiger partial charge in [-0.3, -0.25) is 9.78 Å². The Morgan fingerprint density at radius 2 is 2.05 bits per heavy atom. The fourth-order valence-electron chi connectivity index (χ4n) is 1.37. The van der Waals surface area contributed by atoms with E-state index in [0.717, 1.165) is 4.90 Å². The molecule has 1 aromatic heterocycles. The maximum atomic E-state index is 12.0. The lowest BCUT2D eigenvalue weighted by atomic mass is 10.2. The molecule has 0 atom stereocenters. The number of carbonyl (C=O) groups is 2. The van der Waals surface area contributed by atoms with Crippen molar-refractivity contribution >= 4 is 17.7 Å². The van der Waals surface area contributed by atoms with Crippen LogP contribution in [0.2, 0.25) is 0 Å². The van der Waals surface area contributed by atoms with Gasteiger partial charge in [-0.15, -0.1) is 0 Å². The number of amides is 2. The second-order valence-corrected chi connectivity index (χ2v) is 4.33. The highest BCUT2D eigenvalue weighted by molar-refractivity contribution is 5.88. The van der Waals surface area contributed by atoms with E-state index in [0.29, 0.717) is 5.69 Å². The summed E-state index contributed by atoms with van der Waals surface area (Å²) in [7, 11) is 1.24. The van der Waals surface area contributed by atoms with E-state index in [9.17, 15) is 22.8 Å². The summed E-state index contributed by atoms with van der Waals surface area (Å²) in [4.78, 5) is 26.8. The number of nitrogens with one attached hydrogen (secondary N) is 1. The smallest absolute Gasteiger partial charge is 0.390 e. The normalized spacial score (nSPS) is 11.0. The van der Waals surface area contributed by atoms with Crippen LogP contribution >= 0.6 is 0 Å². The van der Waals surface area contributed by atoms with Gasteiger partial charge in [-0.25, -0.2) is 4.79 Å². The summed E-state index contributed by atoms with van der Waals surface area (Å²) in [5.41, 5.74) is 0.582. The third kappa shape index (κ3) is 6.59. The maximum absolute atomic E-state index is 12.0. The Kier molecular flexibility index (Phi) is 5.51. The van der Waals surface area contributed by atoms with E-state index in [2.05, 4.69) is 10.3 Å². The summed E-state index contributed by atoms with van der Waals surface area (Å²) in [6.07, 6.45) is -4.42. The van der Waals surface area contributed by atoms with E-state index >= 15 is 0 Å². The van der Waals surface area contributed by atoms with Gasteiger partial charge in [0, 0.05) is 13.6 Å². The van der Waals surface area contributed by atoms with Crippen LogP contribution in [-0.4, -0.2) is 46.8 Å². The van der Waals surface area contributed by atoms with Crippen molar-refractivity contribution in [2.24, 2.45) is 0 Å². The topological polar surface area (TPSA) is 82.5 Å². The number of nitrogens with zero attached hydrogens (tertiary/aromatic N) is 2. The lowest BCUT2D eigenvalue weighted by Gasteiger charge is -2.18. The molecule has 0 bridgehead atoms. The van der Waals surface area contributed by atoms with Gasteiger partial charge >= 0.3 is 18.2 Å². The molecule has 2 N–H and O–H groups in total. The summed E-state index contributed by atoms with van der Waals surface area (Å²) in [6, 6.07) is 2.15. The van der Waals surface area contributed by atoms with E-state index < -0.39 is 31.1 Å². The average molecular weight is 305 g/mol. The largest absolute Gasteiger partial charge is 0.481 e. The molecule has 0 aromatic carbocycles. The minimum Gasteiger partial charge on any atom is -0.481 e. The number of aliphatic carboxylic acids is 1. The Labute approximate surface area is 118 Å². The summed E-state index contributed by atoms with van der Waals surface area (Å²) >= 11 is 0. The Morgan fingerprint density at radius 3 is 2.52 bits per heavy atom. The molecule has 1 rings (SSSR count). The number of carbonyl (C=O) groups excluding carboxylic acids is 1. The number of halogens is 3. The zero-order valence-electron chi connectivity index (χ0n) is 11.1. The van der Waals surface area contributed by atoms with Crippen LogP contribution in [0, 0.1) is 0 Å². The van der Waals surface area contributed by atoms with Crippen molar-refractivity contribution in [1.29, 1.82) is 0 Å². The van der Waals surface area contributed by atoms with Gasteiger partial charge in [0.05, 0.1) is 30.4 Å². The highest BCUT2D eigenvalue weighted by atomic mass is 19.4. The molecule has 0 spiro atoms. The number of anilines is 1. The monoisotopic (exact) mass is 305 g/mol. The highest BCUT2D eigenvalue weighted by Gasteiger charge is 2.28. The Bertz CT molecular complexity index is 503. The van der Waals surface area contributed by atoms with Gasteiger partial charge in [0.1, 0.15) is 0 Å². The number of pyridine rings is 1. The van der Waals surface area contributed by atoms with E-state index in [4.69, 9.17) is 5.11 Å². The molecule has 0 unspecified atom stereocenters. The molecule has 0 radical (unpaired) electrons. The van der Waals surface area contributed by atoms with E-state index in [-0.39, 0.29) is 12.1 Å². The maximum Gasteiger partial charge on any atom is 0.390 e. The number of carboxylic acids is 1. The van der Waals surface area contributed by atoms with Crippen molar-refractivity contribution in [3.8, 4) is 0 Å². The molecule has 116 valence electrons. The molecule has 0 aliphatic rings. The second-order valence-electron chi connectivity index (χ2n) is 4.33. The van der Waals surface area contributed by atoms with E-state index in [1.165, 1.54) is 25.4 Å². The third-order valence-electron chi connectivity index (χ3n) is 2.49. The minimum absolute atomic E-state index is 0.250. The molecule has 0 saturated heterocycles. The summed E-state index contributed by atoms with van der Waals surface area (Å²) in [5, 5.41) is 10.9. The predicted octanol–water partition coefficient (Wildman–Crippen LogP) is 2.12. The predicted molar refractivity (Wildman–Crippen MR) is 67.9 cm³/mol. The molecule has 0 aliphatic heterocycles. The number of aromatic nitrogens is 1. The van der Waals surface area contributed by atoms with Gasteiger partial charge in [-0.1, -0.05) is 0 Å². The first kappa shape index (κ1) is 16.7. The first-order valence-corrected chi connectivity index (χ1v) is 5.93. The van der Waals surface area contributed by atoms with Gasteiger partial charge in [-0.2, -0.15) is 13.2 Å². The Balaban J connectivity index is 2.52. The average Bonchev–Trinajstić information content (AvgIpc) is 2.36. The molecule has 2 amide bonds. The van der Waals surface area contributed by atoms with Crippen LogP contribution in [0.4, 0.5) is 23.7 Å². The molecule has 0 saturated carbocycles. The van der Waals surface area contributed by atoms with E-state index in [1.54, 1.807) is 0 Å². The summed E-state index contributed by atoms with van der Waals surface area (Å²) in [5.74, 6) is -1.04. The number of rotatable bonds is 5. The zero-order chi connectivity index (χ0) is 16.0. The van der Waals surface area contributed by atoms with Crippen LogP contribution in [0.15, 0.2) is 18.3 Å². The fraction of sp³-hybridized carbons (Fsp3) is 0.417. The number of hydrogen-bond donors (Lipinski definition) is 2. The quantitative estimate of drug-likeness (QED) is 0.873. The highest BCUT2D eigenvalue weighted by Crippen LogP contribution is 2.19. The minimum atomic E-state index is -4.32. The second kappa shape index (κ2) is 6.91. The standard InChI is InChI=1S/C12H14F3N3O3/c1-18(5-4-12(13,14)15)11(21)17-9-3-2-8(16-7-9)6-10(19)20/h2-3,7H,4-6H2,1H3,(H,17,21)(H,19,20). The Morgan fingerprint density at radius 1 is 1.38 bits per heavy atom. The molecule has 1 aromatic rings. The van der Waals surface area contributed by atoms with Crippen LogP contribution in [0.25, 0.3) is 0 Å². The van der Waals surface area contributed by atoms with Crippen LogP contribution < -0.4 is 5.32 Å². The molecular formula is C12H14F3N3O3. The Hall–Kier alpha value is -2.32. The van der Waals surface area contributed by atoms with Crippen LogP contribution in [0.1, 0.15) is 12.1 Å². The number of alkyl halides is 3. The molecule has 0 aliphatic carbocycles. The molecule has 21 heavy (non-hydrogen) atoms. The first-order chi connectivity index (χ1) is 9.67. The molecule has 6 nitrogen and oxygen atoms in total. The number of urea groups is 1. The zero-order valence-corrected chi connectivity index (χ0v) is 11.1. The SMILES string of the molecule is CN(CCC(F)(F)F)C(=O)Nc1ccc(CC(=O)O)nc1. The molecule has 1 heterocycles. The van der Waals surface area contributed by atoms with Crippen molar-refractivity contribution in [1.82, 2.24) is 9.88 Å². The van der Waals surface area contributed by atoms with Crippen molar-refractivity contribution < 1.29 is 27.9 Å². The molecule has 0 fully saturated rings. The van der Waals surface area contributed by atoms with Gasteiger partial charge in [0.25, 0.3) is 0 Å². The van der Waals surface area contributed by atoms with Gasteiger partial charge < -0.3 is 15.3 Å². The van der Waals surface area contributed by atoms with Crippen molar-refractivity contribution in [3.63, 3.8) is 0 Å². The summed E-state index contributed by atoms with van der Waals surface area (Å²) in [6.45, 7) is -0.458. The van der Waals surface area contributed by atoms with Crippen LogP contribution in [0.5, 0.6) is 0 Å². The van der Waals surface area contributed by atoms with Crippen molar-refractivity contribution in [2.45, 2.75) is 19.0 Å². The van der Waals surface area contributed by atoms with Crippen molar-refractivity contribution in [3.05, 3.63) is 24.0 Å². The first-order valence-electron chi connectivity index (χ1n) is 5.93. The lowest BCUT2D eigenvalue weighted by molar-refractivity contribution is -0.137. The third-order valence-corrected chi connectivity index (χ3v) is 2.49. The van der Waals surface area contributed by atoms with Crippen LogP contribution in [0.3, 0.4) is 0 Å². The van der Waals surface area contributed by atoms with Gasteiger partial charge in [-0.05, 0) is 12.1 Å². The fourth-order valence-corrected chi connectivity index (χ4v) is 1.37. The molecular weight excluding hydrogens is 291 g/mol. The lowest BCUT2D eigenvalue weighted by Crippen LogP contribution is -2.34. The van der Waals surface area contributed by atoms with Crippen LogP contribution in [-0.2, 0) is 11.2 Å². The molecule has 9 heteroatoms. The number of carboxylic acid groups (broad SMARTS) is 1. The van der Waals surface area contributed by atoms with Crippen molar-refractivity contribution in [2.75, 3.05) is 18.9 Å².